The number of likely N-dealkylation sites (N-methyl/N-ethyl adjacent to an activating group) is 1. The van der Waals surface area contributed by atoms with Crippen molar-refractivity contribution in [2.75, 3.05) is 20.6 Å². The zero-order valence-electron chi connectivity index (χ0n) is 15.9. The van der Waals surface area contributed by atoms with E-state index in [4.69, 9.17) is 0 Å². The van der Waals surface area contributed by atoms with Crippen molar-refractivity contribution in [3.63, 3.8) is 0 Å². The van der Waals surface area contributed by atoms with Gasteiger partial charge in [-0.3, -0.25) is 9.59 Å². The van der Waals surface area contributed by atoms with E-state index in [1.165, 1.54) is 12.1 Å². The van der Waals surface area contributed by atoms with Crippen LogP contribution in [0.5, 0.6) is 0 Å². The van der Waals surface area contributed by atoms with E-state index in [1.54, 1.807) is 30.3 Å². The van der Waals surface area contributed by atoms with Gasteiger partial charge in [0.15, 0.2) is 0 Å². The van der Waals surface area contributed by atoms with Crippen LogP contribution in [0.25, 0.3) is 10.9 Å². The minimum absolute atomic E-state index is 0.0665. The Hall–Kier alpha value is -3.06. The summed E-state index contributed by atoms with van der Waals surface area (Å²) in [4.78, 5) is 33.5. The normalized spacial score (nSPS) is 12.3. The van der Waals surface area contributed by atoms with E-state index in [9.17, 15) is 14.0 Å². The summed E-state index contributed by atoms with van der Waals surface area (Å²) < 4.78 is 13.1. The minimum Gasteiger partial charge on any atom is -0.354 e. The second kappa shape index (κ2) is 8.75. The molecular weight excluding hydrogens is 359 g/mol. The Labute approximate surface area is 162 Å². The summed E-state index contributed by atoms with van der Waals surface area (Å²) in [5, 5.41) is 3.44. The average Bonchev–Trinajstić information content (AvgIpc) is 2.68. The number of aromatic amines is 1. The highest BCUT2D eigenvalue weighted by Crippen LogP contribution is 2.17. The molecule has 1 unspecified atom stereocenters. The number of nitrogens with zero attached hydrogens (tertiary/aromatic N) is 2. The first-order valence-electron chi connectivity index (χ1n) is 9.10. The topological polar surface area (TPSA) is 78.1 Å². The Bertz CT molecular complexity index is 1010. The molecule has 7 heteroatoms. The number of aromatic nitrogens is 2. The van der Waals surface area contributed by atoms with Crippen molar-refractivity contribution in [1.29, 1.82) is 0 Å². The highest BCUT2D eigenvalue weighted by molar-refractivity contribution is 5.78. The summed E-state index contributed by atoms with van der Waals surface area (Å²) in [5.74, 6) is 0.0634. The molecule has 6 nitrogen and oxygen atoms in total. The van der Waals surface area contributed by atoms with Crippen molar-refractivity contribution in [3.8, 4) is 0 Å². The quantitative estimate of drug-likeness (QED) is 0.658. The van der Waals surface area contributed by atoms with E-state index < -0.39 is 0 Å². The first-order chi connectivity index (χ1) is 13.4. The number of carbonyl (C=O) groups is 1. The van der Waals surface area contributed by atoms with Crippen LogP contribution in [0.4, 0.5) is 4.39 Å². The van der Waals surface area contributed by atoms with Gasteiger partial charge in [-0.1, -0.05) is 24.3 Å². The number of benzene rings is 2. The van der Waals surface area contributed by atoms with Crippen LogP contribution >= 0.6 is 0 Å². The van der Waals surface area contributed by atoms with Crippen LogP contribution < -0.4 is 10.9 Å². The van der Waals surface area contributed by atoms with Crippen molar-refractivity contribution >= 4 is 16.8 Å². The Morgan fingerprint density at radius 3 is 2.61 bits per heavy atom. The summed E-state index contributed by atoms with van der Waals surface area (Å²) >= 11 is 0. The van der Waals surface area contributed by atoms with Gasteiger partial charge in [0.25, 0.3) is 5.56 Å². The van der Waals surface area contributed by atoms with Gasteiger partial charge in [0.05, 0.1) is 16.9 Å². The Morgan fingerprint density at radius 2 is 1.89 bits per heavy atom. The number of aryl methyl sites for hydroxylation is 1. The molecule has 3 rings (SSSR count). The summed E-state index contributed by atoms with van der Waals surface area (Å²) in [6.07, 6.45) is 0.555. The van der Waals surface area contributed by atoms with Crippen molar-refractivity contribution in [2.24, 2.45) is 0 Å². The van der Waals surface area contributed by atoms with Gasteiger partial charge in [0, 0.05) is 19.4 Å². The number of hydrogen-bond acceptors (Lipinski definition) is 4. The predicted octanol–water partition coefficient (Wildman–Crippen LogP) is 2.41. The number of H-pyrrole nitrogens is 1. The van der Waals surface area contributed by atoms with Crippen LogP contribution in [0.1, 0.15) is 23.9 Å². The molecule has 0 aliphatic rings. The average molecular weight is 382 g/mol. The molecule has 2 aromatic carbocycles. The van der Waals surface area contributed by atoms with Gasteiger partial charge < -0.3 is 15.2 Å². The Balaban J connectivity index is 1.59. The molecule has 3 aromatic rings. The number of amides is 1. The third kappa shape index (κ3) is 4.80. The lowest BCUT2D eigenvalue weighted by Crippen LogP contribution is -2.34. The van der Waals surface area contributed by atoms with Crippen molar-refractivity contribution in [3.05, 3.63) is 76.1 Å². The first-order valence-corrected chi connectivity index (χ1v) is 9.10. The molecule has 1 heterocycles. The standard InChI is InChI=1S/C21H23FN4O2/c1-26(2)18(14-7-9-15(22)10-8-14)13-23-20(27)12-11-19-24-17-6-4-3-5-16(17)21(28)25-19/h3-10,18H,11-13H2,1-2H3,(H,23,27)(H,24,25,28). The maximum atomic E-state index is 13.1. The molecule has 1 atom stereocenters. The van der Waals surface area contributed by atoms with Gasteiger partial charge in [-0.15, -0.1) is 0 Å². The molecule has 0 aliphatic carbocycles. The third-order valence-corrected chi connectivity index (χ3v) is 4.62. The minimum atomic E-state index is -0.290. The zero-order chi connectivity index (χ0) is 20.1. The maximum absolute atomic E-state index is 13.1. The van der Waals surface area contributed by atoms with E-state index >= 15 is 0 Å². The molecule has 2 N–H and O–H groups in total. The van der Waals surface area contributed by atoms with E-state index in [0.717, 1.165) is 5.56 Å². The molecule has 28 heavy (non-hydrogen) atoms. The van der Waals surface area contributed by atoms with Crippen LogP contribution in [-0.2, 0) is 11.2 Å². The molecule has 0 bridgehead atoms. The van der Waals surface area contributed by atoms with E-state index in [-0.39, 0.29) is 29.7 Å². The number of fused-ring (bicyclic) bond motifs is 1. The molecule has 0 radical (unpaired) electrons. The monoisotopic (exact) mass is 382 g/mol. The number of nitrogens with one attached hydrogen (secondary N) is 2. The number of halogens is 1. The van der Waals surface area contributed by atoms with Crippen LogP contribution in [0.3, 0.4) is 0 Å². The van der Waals surface area contributed by atoms with Crippen molar-refractivity contribution in [1.82, 2.24) is 20.2 Å². The second-order valence-corrected chi connectivity index (χ2v) is 6.86. The van der Waals surface area contributed by atoms with E-state index in [1.807, 2.05) is 25.1 Å². The highest BCUT2D eigenvalue weighted by Gasteiger charge is 2.15. The summed E-state index contributed by atoms with van der Waals surface area (Å²) in [5.41, 5.74) is 1.34. The molecule has 146 valence electrons. The molecule has 0 spiro atoms. The molecule has 0 aliphatic heterocycles. The molecular formula is C21H23FN4O2. The molecule has 1 amide bonds. The fourth-order valence-electron chi connectivity index (χ4n) is 3.07. The lowest BCUT2D eigenvalue weighted by Gasteiger charge is -2.25. The second-order valence-electron chi connectivity index (χ2n) is 6.86. The molecule has 0 saturated heterocycles. The lowest BCUT2D eigenvalue weighted by molar-refractivity contribution is -0.121. The lowest BCUT2D eigenvalue weighted by atomic mass is 10.1. The number of rotatable bonds is 7. The number of hydrogen-bond donors (Lipinski definition) is 2. The van der Waals surface area contributed by atoms with Crippen LogP contribution in [0, 0.1) is 5.82 Å². The number of carbonyl (C=O) groups excluding carboxylic acids is 1. The van der Waals surface area contributed by atoms with Gasteiger partial charge in [-0.25, -0.2) is 9.37 Å². The zero-order valence-corrected chi connectivity index (χ0v) is 15.9. The van der Waals surface area contributed by atoms with Crippen LogP contribution in [0.2, 0.25) is 0 Å². The van der Waals surface area contributed by atoms with Gasteiger partial charge in [0.2, 0.25) is 5.91 Å². The molecule has 0 fully saturated rings. The third-order valence-electron chi connectivity index (χ3n) is 4.62. The summed E-state index contributed by atoms with van der Waals surface area (Å²) in [6.45, 7) is 0.402. The highest BCUT2D eigenvalue weighted by atomic mass is 19.1. The van der Waals surface area contributed by atoms with E-state index in [0.29, 0.717) is 29.7 Å². The largest absolute Gasteiger partial charge is 0.354 e. The van der Waals surface area contributed by atoms with Gasteiger partial charge in [-0.2, -0.15) is 0 Å². The fraction of sp³-hybridized carbons (Fsp3) is 0.286. The van der Waals surface area contributed by atoms with Gasteiger partial charge in [0.1, 0.15) is 11.6 Å². The molecule has 0 saturated carbocycles. The van der Waals surface area contributed by atoms with Crippen molar-refractivity contribution in [2.45, 2.75) is 18.9 Å². The van der Waals surface area contributed by atoms with Crippen molar-refractivity contribution < 1.29 is 9.18 Å². The van der Waals surface area contributed by atoms with Gasteiger partial charge in [-0.05, 0) is 43.9 Å². The van der Waals surface area contributed by atoms with Crippen LogP contribution in [0.15, 0.2) is 53.3 Å². The number of para-hydroxylation sites is 1. The fourth-order valence-corrected chi connectivity index (χ4v) is 3.07. The maximum Gasteiger partial charge on any atom is 0.258 e. The SMILES string of the molecule is CN(C)C(CNC(=O)CCc1nc2ccccc2c(=O)[nH]1)c1ccc(F)cc1. The van der Waals surface area contributed by atoms with Gasteiger partial charge >= 0.3 is 0 Å². The summed E-state index contributed by atoms with van der Waals surface area (Å²) in [7, 11) is 3.81. The first kappa shape index (κ1) is 19.7. The molecule has 1 aromatic heterocycles. The summed E-state index contributed by atoms with van der Waals surface area (Å²) in [6, 6.07) is 13.3. The Kier molecular flexibility index (Phi) is 6.16. The van der Waals surface area contributed by atoms with E-state index in [2.05, 4.69) is 15.3 Å². The van der Waals surface area contributed by atoms with Crippen LogP contribution in [-0.4, -0.2) is 41.4 Å². The Morgan fingerprint density at radius 1 is 1.18 bits per heavy atom. The smallest absolute Gasteiger partial charge is 0.258 e. The predicted molar refractivity (Wildman–Crippen MR) is 107 cm³/mol.